The van der Waals surface area contributed by atoms with E-state index < -0.39 is 10.0 Å². The van der Waals surface area contributed by atoms with Crippen molar-refractivity contribution in [3.63, 3.8) is 0 Å². The molecule has 3 N–H and O–H groups in total. The second-order valence-corrected chi connectivity index (χ2v) is 8.14. The largest absolute Gasteiger partial charge is 0.497 e. The van der Waals surface area contributed by atoms with Crippen molar-refractivity contribution in [3.8, 4) is 5.75 Å². The number of amides is 1. The molecule has 0 unspecified atom stereocenters. The van der Waals surface area contributed by atoms with Crippen LogP contribution in [0.4, 0.5) is 5.69 Å². The molecule has 148 valence electrons. The fourth-order valence-corrected chi connectivity index (χ4v) is 3.88. The first-order valence-corrected chi connectivity index (χ1v) is 10.5. The molecule has 0 aliphatic carbocycles. The summed E-state index contributed by atoms with van der Waals surface area (Å²) in [6.07, 6.45) is 1.66. The number of nitrogens with one attached hydrogen (secondary N) is 3. The molecule has 0 atom stereocenters. The second-order valence-electron chi connectivity index (χ2n) is 6.37. The lowest BCUT2D eigenvalue weighted by molar-refractivity contribution is 0.102. The molecule has 0 saturated heterocycles. The van der Waals surface area contributed by atoms with Gasteiger partial charge in [0.15, 0.2) is 0 Å². The Morgan fingerprint density at radius 2 is 1.96 bits per heavy atom. The van der Waals surface area contributed by atoms with Gasteiger partial charge in [-0.25, -0.2) is 13.1 Å². The number of carbonyl (C=O) groups excluding carboxylic acids is 1. The van der Waals surface area contributed by atoms with E-state index in [9.17, 15) is 13.2 Å². The number of aromatic nitrogens is 1. The summed E-state index contributed by atoms with van der Waals surface area (Å²) in [6.45, 7) is 2.37. The normalized spacial score (nSPS) is 11.5. The number of methoxy groups -OCH3 is 1. The third kappa shape index (κ3) is 4.52. The predicted octanol–water partition coefficient (Wildman–Crippen LogP) is 3.51. The molecule has 0 fully saturated rings. The smallest absolute Gasteiger partial charge is 0.272 e. The Bertz CT molecular complexity index is 1090. The van der Waals surface area contributed by atoms with Crippen LogP contribution in [0.3, 0.4) is 0 Å². The van der Waals surface area contributed by atoms with Crippen LogP contribution in [0.5, 0.6) is 5.75 Å². The minimum Gasteiger partial charge on any atom is -0.497 e. The maximum Gasteiger partial charge on any atom is 0.272 e. The van der Waals surface area contributed by atoms with E-state index in [1.165, 1.54) is 12.1 Å². The number of fused-ring (bicyclic) bond motifs is 1. The number of rotatable bonds is 8. The third-order valence-electron chi connectivity index (χ3n) is 4.30. The van der Waals surface area contributed by atoms with Gasteiger partial charge in [0.1, 0.15) is 11.4 Å². The average molecular weight is 401 g/mol. The first kappa shape index (κ1) is 19.9. The topological polar surface area (TPSA) is 100 Å². The van der Waals surface area contributed by atoms with Crippen LogP contribution < -0.4 is 14.8 Å². The van der Waals surface area contributed by atoms with Gasteiger partial charge in [0.2, 0.25) is 10.0 Å². The zero-order valence-corrected chi connectivity index (χ0v) is 16.6. The number of hydrogen-bond donors (Lipinski definition) is 3. The number of hydrogen-bond acceptors (Lipinski definition) is 4. The van der Waals surface area contributed by atoms with Crippen molar-refractivity contribution >= 4 is 32.5 Å². The molecule has 1 heterocycles. The van der Waals surface area contributed by atoms with Gasteiger partial charge in [-0.3, -0.25) is 4.79 Å². The van der Waals surface area contributed by atoms with Gasteiger partial charge < -0.3 is 15.0 Å². The Kier molecular flexibility index (Phi) is 6.01. The molecule has 3 rings (SSSR count). The van der Waals surface area contributed by atoms with Crippen LogP contribution in [0.2, 0.25) is 0 Å². The summed E-state index contributed by atoms with van der Waals surface area (Å²) in [5.41, 5.74) is 1.55. The van der Waals surface area contributed by atoms with Gasteiger partial charge in [-0.15, -0.1) is 0 Å². The highest BCUT2D eigenvalue weighted by Crippen LogP contribution is 2.22. The van der Waals surface area contributed by atoms with Crippen molar-refractivity contribution < 1.29 is 17.9 Å². The van der Waals surface area contributed by atoms with Crippen molar-refractivity contribution in [2.24, 2.45) is 0 Å². The fraction of sp³-hybridized carbons (Fsp3) is 0.250. The van der Waals surface area contributed by atoms with Crippen LogP contribution in [0, 0.1) is 0 Å². The molecule has 0 aliphatic heterocycles. The van der Waals surface area contributed by atoms with Crippen LogP contribution >= 0.6 is 0 Å². The number of benzene rings is 2. The second kappa shape index (κ2) is 8.45. The summed E-state index contributed by atoms with van der Waals surface area (Å²) in [7, 11) is -2.03. The quantitative estimate of drug-likeness (QED) is 0.503. The van der Waals surface area contributed by atoms with Crippen molar-refractivity contribution in [3.05, 3.63) is 54.2 Å². The van der Waals surface area contributed by atoms with Gasteiger partial charge >= 0.3 is 0 Å². The molecular formula is C20H23N3O4S. The highest BCUT2D eigenvalue weighted by Gasteiger charge is 2.15. The van der Waals surface area contributed by atoms with E-state index >= 15 is 0 Å². The molecule has 3 aromatic rings. The van der Waals surface area contributed by atoms with Crippen LogP contribution in [0.15, 0.2) is 53.4 Å². The zero-order chi connectivity index (χ0) is 20.1. The molecule has 7 nitrogen and oxygen atoms in total. The summed E-state index contributed by atoms with van der Waals surface area (Å²) in [6, 6.07) is 13.4. The van der Waals surface area contributed by atoms with Crippen LogP contribution in [-0.4, -0.2) is 33.0 Å². The number of carbonyl (C=O) groups is 1. The number of sulfonamides is 1. The maximum absolute atomic E-state index is 12.6. The average Bonchev–Trinajstić information content (AvgIpc) is 3.11. The highest BCUT2D eigenvalue weighted by atomic mass is 32.2. The van der Waals surface area contributed by atoms with Crippen molar-refractivity contribution in [2.45, 2.75) is 24.7 Å². The van der Waals surface area contributed by atoms with Crippen molar-refractivity contribution in [2.75, 3.05) is 19.0 Å². The first-order valence-electron chi connectivity index (χ1n) is 9.01. The third-order valence-corrected chi connectivity index (χ3v) is 5.76. The van der Waals surface area contributed by atoms with E-state index in [1.54, 1.807) is 31.4 Å². The molecule has 1 aromatic heterocycles. The Morgan fingerprint density at radius 3 is 2.71 bits per heavy atom. The zero-order valence-electron chi connectivity index (χ0n) is 15.8. The molecule has 0 spiro atoms. The van der Waals surface area contributed by atoms with Gasteiger partial charge in [-0.05, 0) is 42.8 Å². The first-order chi connectivity index (χ1) is 13.4. The summed E-state index contributed by atoms with van der Waals surface area (Å²) < 4.78 is 32.4. The molecular weight excluding hydrogens is 378 g/mol. The molecule has 28 heavy (non-hydrogen) atoms. The van der Waals surface area contributed by atoms with Crippen LogP contribution in [0.1, 0.15) is 30.3 Å². The number of aromatic amines is 1. The summed E-state index contributed by atoms with van der Waals surface area (Å²) in [4.78, 5) is 15.7. The van der Waals surface area contributed by atoms with E-state index in [0.717, 1.165) is 23.7 Å². The van der Waals surface area contributed by atoms with Crippen LogP contribution in [0.25, 0.3) is 10.9 Å². The van der Waals surface area contributed by atoms with E-state index in [1.807, 2.05) is 19.1 Å². The Balaban J connectivity index is 1.77. The lowest BCUT2D eigenvalue weighted by atomic mass is 10.2. The van der Waals surface area contributed by atoms with E-state index in [0.29, 0.717) is 23.7 Å². The lowest BCUT2D eigenvalue weighted by Gasteiger charge is -2.09. The van der Waals surface area contributed by atoms with Gasteiger partial charge in [0.05, 0.1) is 12.0 Å². The lowest BCUT2D eigenvalue weighted by Crippen LogP contribution is -2.24. The van der Waals surface area contributed by atoms with E-state index in [4.69, 9.17) is 4.74 Å². The van der Waals surface area contributed by atoms with Gasteiger partial charge in [0.25, 0.3) is 5.91 Å². The Labute approximate surface area is 164 Å². The SMILES string of the molecule is CCCCNS(=O)(=O)c1cccc(NC(=O)c2cc3ccc(OC)cc3[nH]2)c1. The van der Waals surface area contributed by atoms with Gasteiger partial charge in [-0.2, -0.15) is 0 Å². The Morgan fingerprint density at radius 1 is 1.14 bits per heavy atom. The summed E-state index contributed by atoms with van der Waals surface area (Å²) in [5, 5.41) is 3.61. The molecule has 1 amide bonds. The Hall–Kier alpha value is -2.84. The minimum absolute atomic E-state index is 0.114. The summed E-state index contributed by atoms with van der Waals surface area (Å²) >= 11 is 0. The molecule has 8 heteroatoms. The van der Waals surface area contributed by atoms with Crippen molar-refractivity contribution in [1.82, 2.24) is 9.71 Å². The molecule has 0 radical (unpaired) electrons. The highest BCUT2D eigenvalue weighted by molar-refractivity contribution is 7.89. The number of ether oxygens (including phenoxy) is 1. The standard InChI is InChI=1S/C20H23N3O4S/c1-3-4-10-21-28(25,26)17-7-5-6-15(12-17)22-20(24)19-11-14-8-9-16(27-2)13-18(14)23-19/h5-9,11-13,21,23H,3-4,10H2,1-2H3,(H,22,24). The molecule has 2 aromatic carbocycles. The maximum atomic E-state index is 12.6. The van der Waals surface area contributed by atoms with Crippen LogP contribution in [-0.2, 0) is 10.0 Å². The number of unbranched alkanes of at least 4 members (excludes halogenated alkanes) is 1. The molecule has 0 aliphatic rings. The number of anilines is 1. The monoisotopic (exact) mass is 401 g/mol. The molecule has 0 saturated carbocycles. The summed E-state index contributed by atoms with van der Waals surface area (Å²) in [5.74, 6) is 0.332. The fourth-order valence-electron chi connectivity index (χ4n) is 2.76. The van der Waals surface area contributed by atoms with Crippen molar-refractivity contribution in [1.29, 1.82) is 0 Å². The minimum atomic E-state index is -3.61. The molecule has 0 bridgehead atoms. The van der Waals surface area contributed by atoms with E-state index in [-0.39, 0.29) is 10.8 Å². The van der Waals surface area contributed by atoms with Gasteiger partial charge in [-0.1, -0.05) is 19.4 Å². The van der Waals surface area contributed by atoms with Gasteiger partial charge in [0, 0.05) is 29.2 Å². The predicted molar refractivity (Wildman–Crippen MR) is 109 cm³/mol. The van der Waals surface area contributed by atoms with E-state index in [2.05, 4.69) is 15.0 Å². The number of H-pyrrole nitrogens is 1.